The Bertz CT molecular complexity index is 2210. The Hall–Kier alpha value is -5.53. The number of hydrogen-bond acceptors (Lipinski definition) is 10. The molecule has 4 aromatic carbocycles. The van der Waals surface area contributed by atoms with Gasteiger partial charge in [0.25, 0.3) is 5.91 Å². The molecule has 4 aromatic rings. The fraction of sp³-hybridized carbons (Fsp3) is 0.250. The summed E-state index contributed by atoms with van der Waals surface area (Å²) in [5.41, 5.74) is 6.06. The van der Waals surface area contributed by atoms with Crippen LogP contribution in [-0.4, -0.2) is 80.6 Å². The van der Waals surface area contributed by atoms with Gasteiger partial charge in [-0.05, 0) is 60.7 Å². The molecular formula is C36H38F4N4O9S2. The Kier molecular flexibility index (Phi) is 15.3. The van der Waals surface area contributed by atoms with E-state index in [2.05, 4.69) is 0 Å². The van der Waals surface area contributed by atoms with Crippen LogP contribution in [-0.2, 0) is 37.9 Å². The second-order valence-electron chi connectivity index (χ2n) is 11.6. The Morgan fingerprint density at radius 1 is 0.673 bits per heavy atom. The van der Waals surface area contributed by atoms with Crippen molar-refractivity contribution >= 4 is 48.9 Å². The number of carbonyl (C=O) groups excluding carboxylic acids is 3. The largest absolute Gasteiger partial charge is 0.497 e. The standard InChI is InChI=1S/C19H19F3N2O5S.C17H19FN2O4S/c1-29-15-7-5-14(6-8-15)24(30(2,27)28)11-13-4-3-12(9-16(13)20)17(25)10-23-19(26)18(21)22;1-24-15-7-5-14(6-8-15)20(25(2,22)23)11-13-4-3-12(9-16(13)18)17(21)10-19/h3-9,18H,10-11H2,1-2H3,(H,23,26);3-9H,10-11,19H2,1-2H3. The van der Waals surface area contributed by atoms with Gasteiger partial charge in [-0.25, -0.2) is 25.6 Å². The molecule has 0 radical (unpaired) electrons. The highest BCUT2D eigenvalue weighted by molar-refractivity contribution is 7.92. The van der Waals surface area contributed by atoms with Gasteiger partial charge < -0.3 is 20.5 Å². The van der Waals surface area contributed by atoms with Gasteiger partial charge in [-0.15, -0.1) is 0 Å². The average molecular weight is 811 g/mol. The highest BCUT2D eigenvalue weighted by Crippen LogP contribution is 2.26. The zero-order valence-corrected chi connectivity index (χ0v) is 31.6. The lowest BCUT2D eigenvalue weighted by molar-refractivity contribution is -0.131. The van der Waals surface area contributed by atoms with Crippen LogP contribution < -0.4 is 29.1 Å². The summed E-state index contributed by atoms with van der Waals surface area (Å²) in [6.07, 6.45) is -1.25. The molecule has 19 heteroatoms. The topological polar surface area (TPSA) is 182 Å². The molecule has 4 rings (SSSR count). The monoisotopic (exact) mass is 810 g/mol. The van der Waals surface area contributed by atoms with Crippen molar-refractivity contribution in [3.63, 3.8) is 0 Å². The lowest BCUT2D eigenvalue weighted by Gasteiger charge is -2.23. The van der Waals surface area contributed by atoms with Crippen molar-refractivity contribution < 1.29 is 58.3 Å². The van der Waals surface area contributed by atoms with Crippen LogP contribution in [0.2, 0.25) is 0 Å². The van der Waals surface area contributed by atoms with Crippen LogP contribution in [0.15, 0.2) is 84.9 Å². The number of Topliss-reactive ketones (excluding diaryl/α,β-unsaturated/α-hetero) is 2. The van der Waals surface area contributed by atoms with E-state index in [1.165, 1.54) is 50.6 Å². The maximum atomic E-state index is 14.5. The minimum atomic E-state index is -3.76. The van der Waals surface area contributed by atoms with Crippen LogP contribution in [0.5, 0.6) is 11.5 Å². The summed E-state index contributed by atoms with van der Waals surface area (Å²) in [6, 6.07) is 19.7. The lowest BCUT2D eigenvalue weighted by Crippen LogP contribution is -2.34. The minimum Gasteiger partial charge on any atom is -0.497 e. The third-order valence-corrected chi connectivity index (χ3v) is 9.99. The summed E-state index contributed by atoms with van der Waals surface area (Å²) < 4.78 is 114. The van der Waals surface area contributed by atoms with Crippen LogP contribution in [0.4, 0.5) is 28.9 Å². The molecule has 0 atom stereocenters. The van der Waals surface area contributed by atoms with Gasteiger partial charge in [0.1, 0.15) is 23.1 Å². The number of amides is 1. The van der Waals surface area contributed by atoms with E-state index < -0.39 is 56.3 Å². The molecule has 0 aliphatic heterocycles. The van der Waals surface area contributed by atoms with E-state index >= 15 is 0 Å². The number of anilines is 2. The number of halogens is 4. The van der Waals surface area contributed by atoms with E-state index in [4.69, 9.17) is 15.2 Å². The number of methoxy groups -OCH3 is 2. The first-order chi connectivity index (χ1) is 25.8. The van der Waals surface area contributed by atoms with Gasteiger partial charge in [-0.2, -0.15) is 8.78 Å². The maximum absolute atomic E-state index is 14.5. The van der Waals surface area contributed by atoms with Crippen molar-refractivity contribution in [2.24, 2.45) is 5.73 Å². The van der Waals surface area contributed by atoms with Gasteiger partial charge in [0, 0.05) is 22.3 Å². The summed E-state index contributed by atoms with van der Waals surface area (Å²) in [4.78, 5) is 34.3. The molecule has 0 aromatic heterocycles. The molecular weight excluding hydrogens is 773 g/mol. The zero-order chi connectivity index (χ0) is 41.1. The van der Waals surface area contributed by atoms with Gasteiger partial charge in [-0.3, -0.25) is 23.0 Å². The molecule has 1 amide bonds. The van der Waals surface area contributed by atoms with Gasteiger partial charge in [0.15, 0.2) is 11.6 Å². The van der Waals surface area contributed by atoms with E-state index in [1.807, 2.05) is 0 Å². The van der Waals surface area contributed by atoms with Crippen LogP contribution in [0.25, 0.3) is 0 Å². The van der Waals surface area contributed by atoms with Crippen molar-refractivity contribution in [3.8, 4) is 11.5 Å². The summed E-state index contributed by atoms with van der Waals surface area (Å²) in [5.74, 6) is -3.20. The smallest absolute Gasteiger partial charge is 0.315 e. The number of nitrogens with zero attached hydrogens (tertiary/aromatic N) is 2. The van der Waals surface area contributed by atoms with Crippen molar-refractivity contribution in [2.45, 2.75) is 19.5 Å². The number of hydrogen-bond donors (Lipinski definition) is 2. The Labute approximate surface area is 315 Å². The number of rotatable bonds is 16. The summed E-state index contributed by atoms with van der Waals surface area (Å²) in [6.45, 7) is -1.48. The van der Waals surface area contributed by atoms with E-state index in [0.29, 0.717) is 17.2 Å². The highest BCUT2D eigenvalue weighted by Gasteiger charge is 2.23. The molecule has 296 valence electrons. The Morgan fingerprint density at radius 3 is 1.36 bits per heavy atom. The van der Waals surface area contributed by atoms with Crippen molar-refractivity contribution in [3.05, 3.63) is 119 Å². The number of ketones is 2. The molecule has 3 N–H and O–H groups in total. The second kappa shape index (κ2) is 19.2. The van der Waals surface area contributed by atoms with Crippen molar-refractivity contribution in [2.75, 3.05) is 48.4 Å². The third kappa shape index (κ3) is 12.5. The number of alkyl halides is 2. The third-order valence-electron chi connectivity index (χ3n) is 7.71. The first-order valence-corrected chi connectivity index (χ1v) is 19.6. The summed E-state index contributed by atoms with van der Waals surface area (Å²) >= 11 is 0. The maximum Gasteiger partial charge on any atom is 0.315 e. The molecule has 55 heavy (non-hydrogen) atoms. The highest BCUT2D eigenvalue weighted by atomic mass is 32.2. The van der Waals surface area contributed by atoms with E-state index in [1.54, 1.807) is 41.7 Å². The molecule has 0 heterocycles. The molecule has 0 saturated heterocycles. The molecule has 0 aliphatic carbocycles. The predicted molar refractivity (Wildman–Crippen MR) is 198 cm³/mol. The number of nitrogens with one attached hydrogen (secondary N) is 1. The van der Waals surface area contributed by atoms with Crippen LogP contribution in [0.1, 0.15) is 31.8 Å². The van der Waals surface area contributed by atoms with E-state index in [0.717, 1.165) is 33.3 Å². The average Bonchev–Trinajstić information content (AvgIpc) is 3.14. The number of sulfonamides is 2. The number of ether oxygens (including phenoxy) is 2. The molecule has 0 bridgehead atoms. The van der Waals surface area contributed by atoms with Gasteiger partial charge in [0.05, 0.1) is 64.3 Å². The number of carbonyl (C=O) groups is 3. The normalized spacial score (nSPS) is 11.2. The molecule has 0 saturated carbocycles. The number of nitrogens with two attached hydrogens (primary N) is 1. The zero-order valence-electron chi connectivity index (χ0n) is 30.0. The van der Waals surface area contributed by atoms with Crippen LogP contribution >= 0.6 is 0 Å². The fourth-order valence-electron chi connectivity index (χ4n) is 4.77. The fourth-order valence-corrected chi connectivity index (χ4v) is 6.53. The summed E-state index contributed by atoms with van der Waals surface area (Å²) in [7, 11) is -4.45. The first kappa shape index (κ1) is 43.9. The quantitative estimate of drug-likeness (QED) is 0.122. The lowest BCUT2D eigenvalue weighted by atomic mass is 10.1. The first-order valence-electron chi connectivity index (χ1n) is 15.9. The molecule has 0 spiro atoms. The van der Waals surface area contributed by atoms with Crippen LogP contribution in [0.3, 0.4) is 0 Å². The van der Waals surface area contributed by atoms with E-state index in [-0.39, 0.29) is 53.4 Å². The van der Waals surface area contributed by atoms with Gasteiger partial charge >= 0.3 is 6.43 Å². The summed E-state index contributed by atoms with van der Waals surface area (Å²) in [5, 5.41) is 1.74. The minimum absolute atomic E-state index is 0.00981. The molecule has 13 nitrogen and oxygen atoms in total. The molecule has 0 aliphatic rings. The van der Waals surface area contributed by atoms with E-state index in [9.17, 15) is 48.8 Å². The predicted octanol–water partition coefficient (Wildman–Crippen LogP) is 4.31. The SMILES string of the molecule is COc1ccc(N(Cc2ccc(C(=O)CN)cc2F)S(C)(=O)=O)cc1.COc1ccc(N(Cc2ccc(C(=O)CNC(=O)C(F)F)cc2F)S(C)(=O)=O)cc1. The Balaban J connectivity index is 0.000000300. The van der Waals surface area contributed by atoms with Gasteiger partial charge in [0.2, 0.25) is 20.0 Å². The molecule has 0 unspecified atom stereocenters. The van der Waals surface area contributed by atoms with Crippen molar-refractivity contribution in [1.82, 2.24) is 5.32 Å². The second-order valence-corrected chi connectivity index (χ2v) is 15.4. The van der Waals surface area contributed by atoms with Gasteiger partial charge in [-0.1, -0.05) is 24.3 Å². The van der Waals surface area contributed by atoms with Crippen LogP contribution in [0, 0.1) is 11.6 Å². The number of benzene rings is 4. The Morgan fingerprint density at radius 2 is 1.05 bits per heavy atom. The molecule has 0 fully saturated rings. The van der Waals surface area contributed by atoms with Crippen molar-refractivity contribution in [1.29, 1.82) is 0 Å².